The summed E-state index contributed by atoms with van der Waals surface area (Å²) in [6, 6.07) is -1.37. The maximum Gasteiger partial charge on any atom is 0.310 e. The van der Waals surface area contributed by atoms with Crippen molar-refractivity contribution in [1.29, 1.82) is 0 Å². The van der Waals surface area contributed by atoms with Crippen molar-refractivity contribution >= 4 is 17.8 Å². The van der Waals surface area contributed by atoms with Gasteiger partial charge in [0.2, 0.25) is 11.8 Å². The Labute approximate surface area is 183 Å². The molecule has 3 saturated heterocycles. The molecule has 6 atom stereocenters. The highest BCUT2D eigenvalue weighted by atomic mass is 16.5. The lowest BCUT2D eigenvalue weighted by atomic mass is 9.70. The lowest BCUT2D eigenvalue weighted by Crippen LogP contribution is -2.60. The Morgan fingerprint density at radius 2 is 2.03 bits per heavy atom. The fourth-order valence-corrected chi connectivity index (χ4v) is 6.57. The van der Waals surface area contributed by atoms with Crippen LogP contribution in [0.15, 0.2) is 12.7 Å². The number of aliphatic hydroxyl groups is 1. The van der Waals surface area contributed by atoms with Crippen LogP contribution < -0.4 is 0 Å². The molecule has 4 rings (SSSR count). The van der Waals surface area contributed by atoms with E-state index in [1.165, 1.54) is 4.90 Å². The summed E-state index contributed by atoms with van der Waals surface area (Å²) in [5, 5.41) is 19.9. The normalized spacial score (nSPS) is 35.8. The van der Waals surface area contributed by atoms with E-state index in [1.807, 2.05) is 11.8 Å². The van der Waals surface area contributed by atoms with Crippen LogP contribution in [-0.4, -0.2) is 80.8 Å². The van der Waals surface area contributed by atoms with Gasteiger partial charge in [-0.1, -0.05) is 32.3 Å². The summed E-state index contributed by atoms with van der Waals surface area (Å²) < 4.78 is 6.25. The lowest BCUT2D eigenvalue weighted by Gasteiger charge is -2.42. The second-order valence-electron chi connectivity index (χ2n) is 9.46. The topological polar surface area (TPSA) is 107 Å². The summed E-state index contributed by atoms with van der Waals surface area (Å²) in [7, 11) is 0. The van der Waals surface area contributed by atoms with Crippen LogP contribution in [0.4, 0.5) is 0 Å². The number of fused-ring (bicyclic) bond motifs is 1. The number of carbonyl (C=O) groups excluding carboxylic acids is 2. The highest BCUT2D eigenvalue weighted by Crippen LogP contribution is 2.59. The minimum absolute atomic E-state index is 0.0785. The Bertz CT molecular complexity index is 746. The number of ether oxygens (including phenoxy) is 1. The molecule has 0 aromatic rings. The Morgan fingerprint density at radius 1 is 1.32 bits per heavy atom. The third-order valence-electron chi connectivity index (χ3n) is 7.96. The molecule has 2 bridgehead atoms. The van der Waals surface area contributed by atoms with E-state index >= 15 is 0 Å². The predicted octanol–water partition coefficient (Wildman–Crippen LogP) is 1.56. The predicted molar refractivity (Wildman–Crippen MR) is 112 cm³/mol. The molecule has 31 heavy (non-hydrogen) atoms. The average molecular weight is 435 g/mol. The fourth-order valence-electron chi connectivity index (χ4n) is 6.57. The molecule has 1 aliphatic carbocycles. The van der Waals surface area contributed by atoms with Crippen molar-refractivity contribution in [2.75, 3.05) is 13.2 Å². The van der Waals surface area contributed by atoms with Crippen molar-refractivity contribution in [1.82, 2.24) is 9.80 Å². The van der Waals surface area contributed by atoms with E-state index in [4.69, 9.17) is 4.74 Å². The molecule has 172 valence electrons. The first kappa shape index (κ1) is 22.3. The fraction of sp³-hybridized carbons (Fsp3) is 0.783. The maximum absolute atomic E-state index is 14.1. The van der Waals surface area contributed by atoms with Crippen molar-refractivity contribution in [3.63, 3.8) is 0 Å². The molecule has 3 aliphatic heterocycles. The molecule has 4 aliphatic rings. The number of carboxylic acids is 1. The van der Waals surface area contributed by atoms with Crippen molar-refractivity contribution in [3.05, 3.63) is 12.7 Å². The highest BCUT2D eigenvalue weighted by Gasteiger charge is 2.75. The number of aliphatic carboxylic acids is 1. The molecule has 0 radical (unpaired) electrons. The molecule has 2 N–H and O–H groups in total. The zero-order chi connectivity index (χ0) is 22.3. The van der Waals surface area contributed by atoms with Crippen LogP contribution in [-0.2, 0) is 19.1 Å². The Balaban J connectivity index is 1.76. The molecule has 2 unspecified atom stereocenters. The molecule has 1 spiro atoms. The molecule has 4 fully saturated rings. The number of likely N-dealkylation sites (tertiary alicyclic amines) is 1. The Morgan fingerprint density at radius 3 is 2.61 bits per heavy atom. The number of aliphatic hydroxyl groups excluding tert-OH is 1. The van der Waals surface area contributed by atoms with E-state index in [0.717, 1.165) is 32.1 Å². The zero-order valence-electron chi connectivity index (χ0n) is 18.2. The first-order valence-corrected chi connectivity index (χ1v) is 11.7. The number of carbonyl (C=O) groups is 3. The number of nitrogens with zero attached hydrogens (tertiary/aromatic N) is 2. The summed E-state index contributed by atoms with van der Waals surface area (Å²) in [5.41, 5.74) is -1.13. The van der Waals surface area contributed by atoms with Gasteiger partial charge in [-0.15, -0.1) is 6.58 Å². The maximum atomic E-state index is 14.1. The summed E-state index contributed by atoms with van der Waals surface area (Å²) in [6.45, 7) is 5.79. The van der Waals surface area contributed by atoms with Crippen molar-refractivity contribution in [3.8, 4) is 0 Å². The summed E-state index contributed by atoms with van der Waals surface area (Å²) >= 11 is 0. The number of rotatable bonds is 8. The average Bonchev–Trinajstić information content (AvgIpc) is 3.41. The van der Waals surface area contributed by atoms with Crippen LogP contribution in [0.5, 0.6) is 0 Å². The van der Waals surface area contributed by atoms with Crippen LogP contribution in [0.1, 0.15) is 58.3 Å². The molecular formula is C23H34N2O6. The third kappa shape index (κ3) is 3.30. The molecule has 3 heterocycles. The largest absolute Gasteiger partial charge is 0.481 e. The molecule has 8 nitrogen and oxygen atoms in total. The van der Waals surface area contributed by atoms with Gasteiger partial charge in [0.15, 0.2) is 0 Å². The van der Waals surface area contributed by atoms with Gasteiger partial charge >= 0.3 is 5.97 Å². The van der Waals surface area contributed by atoms with Gasteiger partial charge in [-0.05, 0) is 32.1 Å². The van der Waals surface area contributed by atoms with E-state index in [2.05, 4.69) is 6.58 Å². The molecule has 1 saturated carbocycles. The van der Waals surface area contributed by atoms with Gasteiger partial charge in [-0.3, -0.25) is 14.4 Å². The van der Waals surface area contributed by atoms with E-state index in [9.17, 15) is 24.6 Å². The highest BCUT2D eigenvalue weighted by molar-refractivity contribution is 5.98. The minimum Gasteiger partial charge on any atom is -0.481 e. The summed E-state index contributed by atoms with van der Waals surface area (Å²) in [6.07, 6.45) is 7.74. The van der Waals surface area contributed by atoms with Crippen LogP contribution >= 0.6 is 0 Å². The van der Waals surface area contributed by atoms with Gasteiger partial charge in [-0.25, -0.2) is 0 Å². The monoisotopic (exact) mass is 434 g/mol. The molecule has 0 aromatic carbocycles. The van der Waals surface area contributed by atoms with E-state index in [1.54, 1.807) is 6.08 Å². The smallest absolute Gasteiger partial charge is 0.310 e. The second kappa shape index (κ2) is 8.54. The lowest BCUT2D eigenvalue weighted by molar-refractivity contribution is -0.154. The van der Waals surface area contributed by atoms with E-state index in [0.29, 0.717) is 25.8 Å². The number of hydrogen-bond donors (Lipinski definition) is 2. The summed E-state index contributed by atoms with van der Waals surface area (Å²) in [5.74, 6) is -3.43. The van der Waals surface area contributed by atoms with Gasteiger partial charge in [0.25, 0.3) is 0 Å². The quantitative estimate of drug-likeness (QED) is 0.562. The third-order valence-corrected chi connectivity index (χ3v) is 7.96. The Kier molecular flexibility index (Phi) is 6.14. The first-order valence-electron chi connectivity index (χ1n) is 11.7. The van der Waals surface area contributed by atoms with Gasteiger partial charge in [0.05, 0.1) is 30.6 Å². The molecular weight excluding hydrogens is 400 g/mol. The number of amides is 2. The number of hydrogen-bond acceptors (Lipinski definition) is 5. The van der Waals surface area contributed by atoms with Crippen molar-refractivity contribution < 1.29 is 29.3 Å². The standard InChI is InChI=1S/C23H34N2O6/c1-3-12-24(15-8-6-5-7-9-15)21(28)19-23-11-10-16(31-23)17(22(29)30)18(23)20(27)25(19)14(4-2)13-26/h3,14-19,26H,1,4-13H2,2H3,(H,29,30)/t14-,16+,17-,18-,19?,23?/m0/s1. The zero-order valence-corrected chi connectivity index (χ0v) is 18.2. The van der Waals surface area contributed by atoms with Crippen molar-refractivity contribution in [2.24, 2.45) is 11.8 Å². The van der Waals surface area contributed by atoms with Crippen LogP contribution in [0.2, 0.25) is 0 Å². The second-order valence-corrected chi connectivity index (χ2v) is 9.46. The first-order chi connectivity index (χ1) is 14.9. The van der Waals surface area contributed by atoms with Gasteiger partial charge in [-0.2, -0.15) is 0 Å². The van der Waals surface area contributed by atoms with Gasteiger partial charge in [0, 0.05) is 12.6 Å². The van der Waals surface area contributed by atoms with Crippen LogP contribution in [0.25, 0.3) is 0 Å². The number of carboxylic acid groups (broad SMARTS) is 1. The van der Waals surface area contributed by atoms with E-state index in [-0.39, 0.29) is 24.5 Å². The van der Waals surface area contributed by atoms with Gasteiger partial charge < -0.3 is 24.7 Å². The summed E-state index contributed by atoms with van der Waals surface area (Å²) in [4.78, 5) is 43.0. The van der Waals surface area contributed by atoms with E-state index < -0.39 is 41.6 Å². The van der Waals surface area contributed by atoms with Crippen LogP contribution in [0.3, 0.4) is 0 Å². The Hall–Kier alpha value is -1.93. The minimum atomic E-state index is -1.13. The molecule has 8 heteroatoms. The van der Waals surface area contributed by atoms with Crippen LogP contribution in [0, 0.1) is 11.8 Å². The van der Waals surface area contributed by atoms with Crippen molar-refractivity contribution in [2.45, 2.75) is 88.1 Å². The van der Waals surface area contributed by atoms with Gasteiger partial charge in [0.1, 0.15) is 11.6 Å². The molecule has 2 amide bonds. The SMILES string of the molecule is C=CCN(C(=O)C1N([C@@H](CC)CO)C(=O)[C@@H]2[C@@H](C(=O)O)[C@H]3CCC12O3)C1CCCCC1. The molecule has 0 aromatic heterocycles.